The van der Waals surface area contributed by atoms with Crippen LogP contribution in [0.2, 0.25) is 0 Å². The second-order valence-corrected chi connectivity index (χ2v) is 6.70. The lowest BCUT2D eigenvalue weighted by molar-refractivity contribution is -0.137. The summed E-state index contributed by atoms with van der Waals surface area (Å²) in [6.45, 7) is 0. The van der Waals surface area contributed by atoms with Crippen LogP contribution in [0.25, 0.3) is 10.2 Å². The average molecular weight is 388 g/mol. The zero-order chi connectivity index (χ0) is 19.2. The highest BCUT2D eigenvalue weighted by Crippen LogP contribution is 2.34. The van der Waals surface area contributed by atoms with Gasteiger partial charge in [-0.15, -0.1) is 0 Å². The molecule has 2 N–H and O–H groups in total. The number of carbonyl (C=O) groups is 1. The molecule has 0 saturated heterocycles. The first-order valence-electron chi connectivity index (χ1n) is 7.77. The zero-order valence-electron chi connectivity index (χ0n) is 13.6. The van der Waals surface area contributed by atoms with Crippen LogP contribution in [0, 0.1) is 0 Å². The molecule has 1 aromatic heterocycles. The van der Waals surface area contributed by atoms with E-state index >= 15 is 0 Å². The van der Waals surface area contributed by atoms with Gasteiger partial charge in [-0.3, -0.25) is 4.79 Å². The summed E-state index contributed by atoms with van der Waals surface area (Å²) in [5.74, 6) is -0.538. The maximum absolute atomic E-state index is 13.0. The Kier molecular flexibility index (Phi) is 3.96. The smallest absolute Gasteiger partial charge is 0.404 e. The number of thiazole rings is 1. The Hall–Kier alpha value is -3.20. The van der Waals surface area contributed by atoms with Gasteiger partial charge in [0.25, 0.3) is 5.91 Å². The highest BCUT2D eigenvalue weighted by Gasteiger charge is 2.35. The van der Waals surface area contributed by atoms with Gasteiger partial charge in [-0.2, -0.15) is 23.3 Å². The predicted octanol–water partition coefficient (Wildman–Crippen LogP) is 3.91. The minimum Gasteiger partial charge on any atom is -0.404 e. The Morgan fingerprint density at radius 2 is 1.89 bits per heavy atom. The number of rotatable bonds is 2. The molecule has 1 aliphatic heterocycles. The van der Waals surface area contributed by atoms with Crippen molar-refractivity contribution in [1.29, 1.82) is 0 Å². The number of nitrogens with zero attached hydrogens (tertiary/aromatic N) is 3. The van der Waals surface area contributed by atoms with Gasteiger partial charge in [-0.05, 0) is 24.3 Å². The van der Waals surface area contributed by atoms with E-state index in [0.29, 0.717) is 10.6 Å². The van der Waals surface area contributed by atoms with E-state index in [9.17, 15) is 18.0 Å². The molecular formula is C18H11F3N4OS. The molecule has 0 atom stereocenters. The number of alkyl halides is 3. The molecule has 27 heavy (non-hydrogen) atoms. The third-order valence-electron chi connectivity index (χ3n) is 3.97. The highest BCUT2D eigenvalue weighted by molar-refractivity contribution is 7.22. The molecular weight excluding hydrogens is 377 g/mol. The molecule has 0 spiro atoms. The number of benzene rings is 2. The third kappa shape index (κ3) is 2.95. The molecule has 136 valence electrons. The maximum Gasteiger partial charge on any atom is 0.416 e. The zero-order valence-corrected chi connectivity index (χ0v) is 14.4. The lowest BCUT2D eigenvalue weighted by Crippen LogP contribution is -2.21. The van der Waals surface area contributed by atoms with Crippen LogP contribution in [0.15, 0.2) is 65.4 Å². The molecule has 1 amide bonds. The van der Waals surface area contributed by atoms with Crippen LogP contribution in [0.3, 0.4) is 0 Å². The van der Waals surface area contributed by atoms with Crippen LogP contribution < -0.4 is 10.7 Å². The standard InChI is InChI=1S/C18H11F3N4OS/c19-18(20,21)11-5-3-4-10(8-11)15-12(9-22)16(26)25(24-15)17-23-13-6-1-2-7-14(13)27-17/h1-9H,22H2/b12-9+. The summed E-state index contributed by atoms with van der Waals surface area (Å²) in [7, 11) is 0. The van der Waals surface area contributed by atoms with Gasteiger partial charge in [0.1, 0.15) is 5.71 Å². The van der Waals surface area contributed by atoms with Crippen molar-refractivity contribution in [3.8, 4) is 0 Å². The van der Waals surface area contributed by atoms with Gasteiger partial charge in [-0.25, -0.2) is 4.98 Å². The van der Waals surface area contributed by atoms with Gasteiger partial charge in [0, 0.05) is 11.8 Å². The third-order valence-corrected chi connectivity index (χ3v) is 4.98. The van der Waals surface area contributed by atoms with Crippen LogP contribution in [0.1, 0.15) is 11.1 Å². The van der Waals surface area contributed by atoms with Gasteiger partial charge in [0.15, 0.2) is 0 Å². The number of carbonyl (C=O) groups excluding carboxylic acids is 1. The first kappa shape index (κ1) is 17.2. The minimum absolute atomic E-state index is 0.0218. The van der Waals surface area contributed by atoms with Gasteiger partial charge >= 0.3 is 6.18 Å². The minimum atomic E-state index is -4.50. The number of para-hydroxylation sites is 1. The van der Waals surface area contributed by atoms with Crippen molar-refractivity contribution in [1.82, 2.24) is 4.98 Å². The number of halogens is 3. The lowest BCUT2D eigenvalue weighted by atomic mass is 10.0. The van der Waals surface area contributed by atoms with E-state index < -0.39 is 17.6 Å². The number of nitrogens with two attached hydrogens (primary N) is 1. The molecule has 0 saturated carbocycles. The Morgan fingerprint density at radius 1 is 1.11 bits per heavy atom. The average Bonchev–Trinajstić information content (AvgIpc) is 3.21. The highest BCUT2D eigenvalue weighted by atomic mass is 32.1. The second-order valence-electron chi connectivity index (χ2n) is 5.69. The van der Waals surface area contributed by atoms with Crippen LogP contribution in [-0.4, -0.2) is 16.6 Å². The molecule has 0 aliphatic carbocycles. The van der Waals surface area contributed by atoms with Crippen LogP contribution in [0.5, 0.6) is 0 Å². The van der Waals surface area contributed by atoms with E-state index in [1.807, 2.05) is 18.2 Å². The van der Waals surface area contributed by atoms with E-state index in [4.69, 9.17) is 5.73 Å². The fourth-order valence-electron chi connectivity index (χ4n) is 2.70. The largest absolute Gasteiger partial charge is 0.416 e. The molecule has 0 bridgehead atoms. The molecule has 2 heterocycles. The normalized spacial score (nSPS) is 16.4. The quantitative estimate of drug-likeness (QED) is 0.677. The summed E-state index contributed by atoms with van der Waals surface area (Å²) >= 11 is 1.25. The molecule has 5 nitrogen and oxygen atoms in total. The Balaban J connectivity index is 1.80. The van der Waals surface area contributed by atoms with E-state index in [-0.39, 0.29) is 16.8 Å². The summed E-state index contributed by atoms with van der Waals surface area (Å²) in [6.07, 6.45) is -3.45. The van der Waals surface area contributed by atoms with Crippen LogP contribution >= 0.6 is 11.3 Å². The fraction of sp³-hybridized carbons (Fsp3) is 0.0556. The molecule has 3 aromatic rings. The second kappa shape index (κ2) is 6.20. The number of hydrogen-bond acceptors (Lipinski definition) is 5. The predicted molar refractivity (Wildman–Crippen MR) is 97.4 cm³/mol. The molecule has 2 aromatic carbocycles. The van der Waals surface area contributed by atoms with Crippen molar-refractivity contribution in [2.24, 2.45) is 10.8 Å². The number of anilines is 1. The van der Waals surface area contributed by atoms with Crippen LogP contribution in [0.4, 0.5) is 18.3 Å². The van der Waals surface area contributed by atoms with Gasteiger partial charge in [-0.1, -0.05) is 35.6 Å². The molecule has 1 aliphatic rings. The van der Waals surface area contributed by atoms with Crippen LogP contribution in [-0.2, 0) is 11.0 Å². The lowest BCUT2D eigenvalue weighted by Gasteiger charge is -2.08. The first-order valence-corrected chi connectivity index (χ1v) is 8.58. The SMILES string of the molecule is N/C=C1/C(=O)N(c2nc3ccccc3s2)N=C1c1cccc(C(F)(F)F)c1. The summed E-state index contributed by atoms with van der Waals surface area (Å²) in [5.41, 5.74) is 5.68. The number of hydrogen-bond donors (Lipinski definition) is 1. The monoisotopic (exact) mass is 388 g/mol. The van der Waals surface area contributed by atoms with E-state index in [0.717, 1.165) is 28.0 Å². The maximum atomic E-state index is 13.0. The molecule has 0 fully saturated rings. The van der Waals surface area contributed by atoms with Crippen molar-refractivity contribution in [2.75, 3.05) is 5.01 Å². The summed E-state index contributed by atoms with van der Waals surface area (Å²) in [6, 6.07) is 11.9. The van der Waals surface area contributed by atoms with Crippen molar-refractivity contribution in [3.63, 3.8) is 0 Å². The molecule has 9 heteroatoms. The van der Waals surface area contributed by atoms with Crippen molar-refractivity contribution in [3.05, 3.63) is 71.4 Å². The Labute approximate surface area is 155 Å². The summed E-state index contributed by atoms with van der Waals surface area (Å²) < 4.78 is 39.9. The van der Waals surface area contributed by atoms with Crippen molar-refractivity contribution in [2.45, 2.75) is 6.18 Å². The number of aromatic nitrogens is 1. The molecule has 0 unspecified atom stereocenters. The number of amides is 1. The number of hydrazone groups is 1. The van der Waals surface area contributed by atoms with Gasteiger partial charge in [0.2, 0.25) is 5.13 Å². The van der Waals surface area contributed by atoms with Crippen molar-refractivity contribution >= 4 is 38.3 Å². The van der Waals surface area contributed by atoms with E-state index in [2.05, 4.69) is 10.1 Å². The van der Waals surface area contributed by atoms with E-state index in [1.165, 1.54) is 23.5 Å². The topological polar surface area (TPSA) is 71.6 Å². The summed E-state index contributed by atoms with van der Waals surface area (Å²) in [5, 5.41) is 5.60. The van der Waals surface area contributed by atoms with E-state index in [1.54, 1.807) is 6.07 Å². The Morgan fingerprint density at radius 3 is 2.59 bits per heavy atom. The van der Waals surface area contributed by atoms with Crippen molar-refractivity contribution < 1.29 is 18.0 Å². The molecule has 4 rings (SSSR count). The first-order chi connectivity index (χ1) is 12.9. The fourth-order valence-corrected chi connectivity index (χ4v) is 3.62. The van der Waals surface area contributed by atoms with Gasteiger partial charge in [0.05, 0.1) is 21.4 Å². The Bertz CT molecular complexity index is 1080. The number of fused-ring (bicyclic) bond motifs is 1. The van der Waals surface area contributed by atoms with Gasteiger partial charge < -0.3 is 5.73 Å². The summed E-state index contributed by atoms with van der Waals surface area (Å²) in [4.78, 5) is 17.1. The molecule has 0 radical (unpaired) electrons.